The molecule has 1 amide bonds. The van der Waals surface area contributed by atoms with Gasteiger partial charge in [-0.1, -0.05) is 30.4 Å². The summed E-state index contributed by atoms with van der Waals surface area (Å²) in [5.74, 6) is 0. The molecule has 0 aromatic carbocycles. The Morgan fingerprint density at radius 3 is 2.81 bits per heavy atom. The van der Waals surface area contributed by atoms with E-state index >= 15 is 0 Å². The predicted octanol–water partition coefficient (Wildman–Crippen LogP) is 2.77. The summed E-state index contributed by atoms with van der Waals surface area (Å²) in [6, 6.07) is 0. The highest BCUT2D eigenvalue weighted by atomic mass is 32.1. The van der Waals surface area contributed by atoms with Crippen LogP contribution in [0.1, 0.15) is 27.2 Å². The second kappa shape index (κ2) is 5.25. The van der Waals surface area contributed by atoms with Crippen molar-refractivity contribution < 1.29 is 9.53 Å². The van der Waals surface area contributed by atoms with E-state index < -0.39 is 11.7 Å². The Morgan fingerprint density at radius 2 is 2.25 bits per heavy atom. The average molecular weight is 239 g/mol. The zero-order valence-corrected chi connectivity index (χ0v) is 10.7. The quantitative estimate of drug-likeness (QED) is 0.753. The molecule has 0 atom stereocenters. The van der Waals surface area contributed by atoms with Crippen LogP contribution in [0.15, 0.2) is 23.8 Å². The second-order valence-corrected chi connectivity index (χ2v) is 5.10. The first-order chi connectivity index (χ1) is 7.38. The number of thiocarbonyl (C=S) groups is 1. The molecule has 1 aliphatic carbocycles. The minimum Gasteiger partial charge on any atom is -0.444 e. The lowest BCUT2D eigenvalue weighted by Gasteiger charge is -2.20. The Bertz CT molecular complexity index is 351. The summed E-state index contributed by atoms with van der Waals surface area (Å²) < 4.78 is 5.13. The van der Waals surface area contributed by atoms with Crippen LogP contribution < -0.4 is 5.32 Å². The van der Waals surface area contributed by atoms with Gasteiger partial charge in [-0.25, -0.2) is 4.79 Å². The first-order valence-electron chi connectivity index (χ1n) is 5.24. The number of alkyl carbamates (subject to hydrolysis) is 1. The maximum Gasteiger partial charge on any atom is 0.407 e. The summed E-state index contributed by atoms with van der Waals surface area (Å²) in [7, 11) is 0. The van der Waals surface area contributed by atoms with Crippen molar-refractivity contribution >= 4 is 23.2 Å². The standard InChI is InChI=1S/C12H17NO2S/c1-12(2,3)15-11(14)13-8-9-6-4-5-7-10(9)16/h4-6H,7-8H2,1-3H3,(H,13,14). The zero-order chi connectivity index (χ0) is 12.2. The van der Waals surface area contributed by atoms with Gasteiger partial charge in [0.1, 0.15) is 5.60 Å². The predicted molar refractivity (Wildman–Crippen MR) is 68.7 cm³/mol. The maximum atomic E-state index is 11.4. The van der Waals surface area contributed by atoms with Gasteiger partial charge in [-0.05, 0) is 26.3 Å². The summed E-state index contributed by atoms with van der Waals surface area (Å²) in [6.45, 7) is 5.93. The molecule has 1 rings (SSSR count). The summed E-state index contributed by atoms with van der Waals surface area (Å²) in [6.07, 6.45) is 6.23. The van der Waals surface area contributed by atoms with E-state index in [2.05, 4.69) is 5.32 Å². The Kier molecular flexibility index (Phi) is 4.24. The molecule has 1 aliphatic rings. The first-order valence-corrected chi connectivity index (χ1v) is 5.65. The van der Waals surface area contributed by atoms with Crippen LogP contribution >= 0.6 is 12.2 Å². The molecule has 0 aliphatic heterocycles. The monoisotopic (exact) mass is 239 g/mol. The van der Waals surface area contributed by atoms with Crippen LogP contribution in [0.3, 0.4) is 0 Å². The van der Waals surface area contributed by atoms with Crippen LogP contribution in [-0.4, -0.2) is 23.1 Å². The molecule has 0 aromatic rings. The summed E-state index contributed by atoms with van der Waals surface area (Å²) in [5.41, 5.74) is 0.509. The lowest BCUT2D eigenvalue weighted by atomic mass is 10.1. The molecular weight excluding hydrogens is 222 g/mol. The first kappa shape index (κ1) is 12.9. The van der Waals surface area contributed by atoms with Gasteiger partial charge in [-0.15, -0.1) is 0 Å². The maximum absolute atomic E-state index is 11.4. The Hall–Kier alpha value is -1.16. The topological polar surface area (TPSA) is 38.3 Å². The fourth-order valence-electron chi connectivity index (χ4n) is 1.22. The van der Waals surface area contributed by atoms with Crippen molar-refractivity contribution in [3.05, 3.63) is 23.8 Å². The van der Waals surface area contributed by atoms with Gasteiger partial charge in [0.25, 0.3) is 0 Å². The van der Waals surface area contributed by atoms with Gasteiger partial charge in [0.05, 0.1) is 0 Å². The molecule has 0 aromatic heterocycles. The van der Waals surface area contributed by atoms with E-state index in [4.69, 9.17) is 17.0 Å². The minimum absolute atomic E-state index is 0.411. The molecule has 0 unspecified atom stereocenters. The number of hydrogen-bond acceptors (Lipinski definition) is 3. The number of ether oxygens (including phenoxy) is 1. The molecule has 16 heavy (non-hydrogen) atoms. The van der Waals surface area contributed by atoms with Crippen molar-refractivity contribution in [3.63, 3.8) is 0 Å². The molecule has 4 heteroatoms. The van der Waals surface area contributed by atoms with Gasteiger partial charge in [0.15, 0.2) is 0 Å². The van der Waals surface area contributed by atoms with Crippen molar-refractivity contribution in [1.29, 1.82) is 0 Å². The SMILES string of the molecule is CC(C)(C)OC(=O)NCC1=CC=CCC1=S. The van der Waals surface area contributed by atoms with E-state index in [-0.39, 0.29) is 0 Å². The Balaban J connectivity index is 2.40. The van der Waals surface area contributed by atoms with Crippen LogP contribution in [0.25, 0.3) is 0 Å². The zero-order valence-electron chi connectivity index (χ0n) is 9.87. The van der Waals surface area contributed by atoms with Gasteiger partial charge in [-0.2, -0.15) is 0 Å². The third-order valence-corrected chi connectivity index (χ3v) is 2.35. The number of nitrogens with one attached hydrogen (secondary N) is 1. The lowest BCUT2D eigenvalue weighted by molar-refractivity contribution is 0.0533. The molecule has 1 N–H and O–H groups in total. The van der Waals surface area contributed by atoms with E-state index in [1.807, 2.05) is 39.0 Å². The largest absolute Gasteiger partial charge is 0.444 e. The minimum atomic E-state index is -0.467. The van der Waals surface area contributed by atoms with Gasteiger partial charge in [-0.3, -0.25) is 0 Å². The fraction of sp³-hybridized carbons (Fsp3) is 0.500. The summed E-state index contributed by atoms with van der Waals surface area (Å²) in [4.78, 5) is 12.3. The van der Waals surface area contributed by atoms with Gasteiger partial charge in [0, 0.05) is 17.8 Å². The highest BCUT2D eigenvalue weighted by molar-refractivity contribution is 7.80. The number of carbonyl (C=O) groups is 1. The van der Waals surface area contributed by atoms with Crippen LogP contribution in [0.5, 0.6) is 0 Å². The van der Waals surface area contributed by atoms with Gasteiger partial charge < -0.3 is 10.1 Å². The van der Waals surface area contributed by atoms with Crippen molar-refractivity contribution in [2.24, 2.45) is 0 Å². The molecule has 88 valence electrons. The van der Waals surface area contributed by atoms with Crippen molar-refractivity contribution in [3.8, 4) is 0 Å². The lowest BCUT2D eigenvalue weighted by Crippen LogP contribution is -2.34. The van der Waals surface area contributed by atoms with E-state index in [9.17, 15) is 4.79 Å². The van der Waals surface area contributed by atoms with E-state index in [1.54, 1.807) is 0 Å². The van der Waals surface area contributed by atoms with Crippen LogP contribution in [0, 0.1) is 0 Å². The normalized spacial score (nSPS) is 15.7. The molecule has 0 bridgehead atoms. The highest BCUT2D eigenvalue weighted by Crippen LogP contribution is 2.10. The van der Waals surface area contributed by atoms with Gasteiger partial charge >= 0.3 is 6.09 Å². The third kappa shape index (κ3) is 4.57. The Labute approximate surface area is 102 Å². The van der Waals surface area contributed by atoms with Crippen LogP contribution in [0.4, 0.5) is 4.79 Å². The molecule has 0 radical (unpaired) electrons. The number of rotatable bonds is 2. The molecule has 0 saturated carbocycles. The third-order valence-electron chi connectivity index (χ3n) is 1.92. The van der Waals surface area contributed by atoms with Crippen molar-refractivity contribution in [1.82, 2.24) is 5.32 Å². The highest BCUT2D eigenvalue weighted by Gasteiger charge is 2.16. The van der Waals surface area contributed by atoms with Crippen LogP contribution in [0.2, 0.25) is 0 Å². The van der Waals surface area contributed by atoms with E-state index in [1.165, 1.54) is 0 Å². The molecule has 0 fully saturated rings. The molecule has 0 saturated heterocycles. The van der Waals surface area contributed by atoms with Crippen molar-refractivity contribution in [2.45, 2.75) is 32.8 Å². The second-order valence-electron chi connectivity index (χ2n) is 4.60. The number of hydrogen-bond donors (Lipinski definition) is 1. The molecule has 3 nitrogen and oxygen atoms in total. The summed E-state index contributed by atoms with van der Waals surface area (Å²) >= 11 is 5.18. The van der Waals surface area contributed by atoms with E-state index in [0.717, 1.165) is 16.9 Å². The summed E-state index contributed by atoms with van der Waals surface area (Å²) in [5, 5.41) is 2.69. The number of amides is 1. The van der Waals surface area contributed by atoms with Crippen LogP contribution in [-0.2, 0) is 4.74 Å². The smallest absolute Gasteiger partial charge is 0.407 e. The number of carbonyl (C=O) groups excluding carboxylic acids is 1. The van der Waals surface area contributed by atoms with Crippen molar-refractivity contribution in [2.75, 3.05) is 6.54 Å². The average Bonchev–Trinajstić information content (AvgIpc) is 2.14. The molecule has 0 spiro atoms. The fourth-order valence-corrected chi connectivity index (χ4v) is 1.46. The van der Waals surface area contributed by atoms with E-state index in [0.29, 0.717) is 6.54 Å². The molecular formula is C12H17NO2S. The number of allylic oxidation sites excluding steroid dienone is 3. The molecule has 0 heterocycles. The Morgan fingerprint density at radius 1 is 1.56 bits per heavy atom. The van der Waals surface area contributed by atoms with Gasteiger partial charge in [0.2, 0.25) is 0 Å².